The summed E-state index contributed by atoms with van der Waals surface area (Å²) < 4.78 is 0. The second-order valence-corrected chi connectivity index (χ2v) is 6.90. The van der Waals surface area contributed by atoms with Crippen LogP contribution in [0.1, 0.15) is 40.0 Å². The van der Waals surface area contributed by atoms with Gasteiger partial charge in [-0.15, -0.1) is 12.4 Å². The highest BCUT2D eigenvalue weighted by Gasteiger charge is 2.41. The van der Waals surface area contributed by atoms with Gasteiger partial charge in [0.05, 0.1) is 0 Å². The molecule has 0 saturated carbocycles. The Balaban J connectivity index is 0.00000220. The van der Waals surface area contributed by atoms with Gasteiger partial charge >= 0.3 is 0 Å². The van der Waals surface area contributed by atoms with Crippen LogP contribution in [-0.2, 0) is 9.59 Å². The van der Waals surface area contributed by atoms with Crippen LogP contribution in [0.3, 0.4) is 0 Å². The Bertz CT molecular complexity index is 402. The molecule has 2 fully saturated rings. The van der Waals surface area contributed by atoms with Crippen molar-refractivity contribution in [3.8, 4) is 0 Å². The molecule has 21 heavy (non-hydrogen) atoms. The van der Waals surface area contributed by atoms with E-state index >= 15 is 0 Å². The van der Waals surface area contributed by atoms with Gasteiger partial charge in [-0.3, -0.25) is 9.59 Å². The van der Waals surface area contributed by atoms with E-state index in [0.29, 0.717) is 19.5 Å². The maximum Gasteiger partial charge on any atom is 0.245 e. The number of carbonyl (C=O) groups is 2. The first-order chi connectivity index (χ1) is 9.38. The van der Waals surface area contributed by atoms with Crippen LogP contribution in [0.5, 0.6) is 0 Å². The maximum absolute atomic E-state index is 12.8. The van der Waals surface area contributed by atoms with Crippen LogP contribution < -0.4 is 5.73 Å². The van der Waals surface area contributed by atoms with Crippen molar-refractivity contribution in [3.05, 3.63) is 0 Å². The molecule has 2 heterocycles. The van der Waals surface area contributed by atoms with E-state index < -0.39 is 0 Å². The number of hydrogen-bond acceptors (Lipinski definition) is 3. The van der Waals surface area contributed by atoms with Crippen LogP contribution in [0.15, 0.2) is 0 Å². The zero-order valence-corrected chi connectivity index (χ0v) is 14.1. The van der Waals surface area contributed by atoms with Gasteiger partial charge in [0.1, 0.15) is 6.04 Å². The van der Waals surface area contributed by atoms with Crippen molar-refractivity contribution >= 4 is 24.2 Å². The first kappa shape index (κ1) is 18.2. The fourth-order valence-corrected chi connectivity index (χ4v) is 3.31. The van der Waals surface area contributed by atoms with Gasteiger partial charge in [-0.25, -0.2) is 0 Å². The van der Waals surface area contributed by atoms with E-state index in [4.69, 9.17) is 5.73 Å². The molecule has 2 aliphatic heterocycles. The van der Waals surface area contributed by atoms with Crippen molar-refractivity contribution in [2.24, 2.45) is 17.1 Å². The molecule has 6 heteroatoms. The Hall–Kier alpha value is -0.810. The number of amides is 2. The van der Waals surface area contributed by atoms with Gasteiger partial charge in [-0.1, -0.05) is 20.8 Å². The molecular formula is C15H28ClN3O2. The molecule has 0 radical (unpaired) electrons. The minimum atomic E-state index is -0.301. The summed E-state index contributed by atoms with van der Waals surface area (Å²) in [6, 6.07) is -0.301. The van der Waals surface area contributed by atoms with Gasteiger partial charge in [-0.05, 0) is 30.7 Å². The molecule has 5 nitrogen and oxygen atoms in total. The zero-order valence-electron chi connectivity index (χ0n) is 13.3. The van der Waals surface area contributed by atoms with Gasteiger partial charge in [0.2, 0.25) is 11.8 Å². The summed E-state index contributed by atoms with van der Waals surface area (Å²) in [6.45, 7) is 8.97. The van der Waals surface area contributed by atoms with Crippen LogP contribution in [0, 0.1) is 11.3 Å². The fraction of sp³-hybridized carbons (Fsp3) is 0.867. The Labute approximate surface area is 133 Å². The van der Waals surface area contributed by atoms with Crippen LogP contribution in [0.4, 0.5) is 0 Å². The van der Waals surface area contributed by atoms with E-state index in [0.717, 1.165) is 25.9 Å². The summed E-state index contributed by atoms with van der Waals surface area (Å²) >= 11 is 0. The van der Waals surface area contributed by atoms with E-state index in [1.165, 1.54) is 0 Å². The van der Waals surface area contributed by atoms with Crippen molar-refractivity contribution in [3.63, 3.8) is 0 Å². The molecule has 122 valence electrons. The Morgan fingerprint density at radius 2 is 2.05 bits per heavy atom. The lowest BCUT2D eigenvalue weighted by molar-refractivity contribution is -0.144. The van der Waals surface area contributed by atoms with Crippen molar-refractivity contribution in [2.45, 2.75) is 46.1 Å². The van der Waals surface area contributed by atoms with Crippen molar-refractivity contribution in [2.75, 3.05) is 26.2 Å². The summed E-state index contributed by atoms with van der Waals surface area (Å²) in [7, 11) is 0. The van der Waals surface area contributed by atoms with E-state index in [1.54, 1.807) is 4.90 Å². The molecule has 0 bridgehead atoms. The molecule has 0 spiro atoms. The zero-order chi connectivity index (χ0) is 14.9. The van der Waals surface area contributed by atoms with E-state index in [9.17, 15) is 9.59 Å². The molecular weight excluding hydrogens is 290 g/mol. The summed E-state index contributed by atoms with van der Waals surface area (Å²) in [5.41, 5.74) is 5.84. The standard InChI is InChI=1S/C15H27N3O2.ClH/c1-11(2)13(18-7-4-5-12(18)19)14(20)17-8-6-15(3,9-16)10-17;/h11,13H,4-10,16H2,1-3H3;1H. The highest BCUT2D eigenvalue weighted by atomic mass is 35.5. The molecule has 0 aromatic carbocycles. The lowest BCUT2D eigenvalue weighted by atomic mass is 9.90. The van der Waals surface area contributed by atoms with Crippen LogP contribution in [-0.4, -0.2) is 53.8 Å². The van der Waals surface area contributed by atoms with Crippen molar-refractivity contribution in [1.82, 2.24) is 9.80 Å². The molecule has 2 amide bonds. The number of rotatable bonds is 4. The molecule has 2 unspecified atom stereocenters. The predicted molar refractivity (Wildman–Crippen MR) is 85.2 cm³/mol. The fourth-order valence-electron chi connectivity index (χ4n) is 3.31. The molecule has 2 saturated heterocycles. The van der Waals surface area contributed by atoms with E-state index in [2.05, 4.69) is 6.92 Å². The summed E-state index contributed by atoms with van der Waals surface area (Å²) in [5, 5.41) is 0. The Morgan fingerprint density at radius 3 is 2.48 bits per heavy atom. The minimum Gasteiger partial charge on any atom is -0.340 e. The van der Waals surface area contributed by atoms with Crippen LogP contribution in [0.2, 0.25) is 0 Å². The normalized spacial score (nSPS) is 27.2. The first-order valence-electron chi connectivity index (χ1n) is 7.66. The second kappa shape index (κ2) is 6.97. The van der Waals surface area contributed by atoms with E-state index in [-0.39, 0.29) is 41.6 Å². The van der Waals surface area contributed by atoms with Gasteiger partial charge in [0, 0.05) is 26.1 Å². The number of hydrogen-bond donors (Lipinski definition) is 1. The lowest BCUT2D eigenvalue weighted by Gasteiger charge is -2.33. The Morgan fingerprint density at radius 1 is 1.38 bits per heavy atom. The number of nitrogens with two attached hydrogens (primary N) is 1. The van der Waals surface area contributed by atoms with Gasteiger partial charge in [-0.2, -0.15) is 0 Å². The van der Waals surface area contributed by atoms with Gasteiger partial charge < -0.3 is 15.5 Å². The lowest BCUT2D eigenvalue weighted by Crippen LogP contribution is -2.51. The third kappa shape index (κ3) is 3.69. The third-order valence-electron chi connectivity index (χ3n) is 4.69. The average Bonchev–Trinajstić information content (AvgIpc) is 2.97. The Kier molecular flexibility index (Phi) is 6.05. The number of halogens is 1. The minimum absolute atomic E-state index is 0. The van der Waals surface area contributed by atoms with Crippen LogP contribution >= 0.6 is 12.4 Å². The monoisotopic (exact) mass is 317 g/mol. The molecule has 0 aromatic rings. The average molecular weight is 318 g/mol. The van der Waals surface area contributed by atoms with Gasteiger partial charge in [0.25, 0.3) is 0 Å². The SMILES string of the molecule is CC(C)C(C(=O)N1CCC(C)(CN)C1)N1CCCC1=O.Cl. The van der Waals surface area contributed by atoms with Crippen molar-refractivity contribution < 1.29 is 9.59 Å². The number of likely N-dealkylation sites (tertiary alicyclic amines) is 2. The summed E-state index contributed by atoms with van der Waals surface area (Å²) in [6.07, 6.45) is 2.40. The maximum atomic E-state index is 12.8. The van der Waals surface area contributed by atoms with E-state index in [1.807, 2.05) is 18.7 Å². The summed E-state index contributed by atoms with van der Waals surface area (Å²) in [5.74, 6) is 0.375. The number of nitrogens with zero attached hydrogens (tertiary/aromatic N) is 2. The molecule has 2 aliphatic rings. The molecule has 2 rings (SSSR count). The predicted octanol–water partition coefficient (Wildman–Crippen LogP) is 1.25. The first-order valence-corrected chi connectivity index (χ1v) is 7.66. The molecule has 0 aromatic heterocycles. The number of carbonyl (C=O) groups excluding carboxylic acids is 2. The molecule has 2 N–H and O–H groups in total. The highest BCUT2D eigenvalue weighted by Crippen LogP contribution is 2.30. The van der Waals surface area contributed by atoms with Crippen molar-refractivity contribution in [1.29, 1.82) is 0 Å². The van der Waals surface area contributed by atoms with Gasteiger partial charge in [0.15, 0.2) is 0 Å². The molecule has 2 atom stereocenters. The second-order valence-electron chi connectivity index (χ2n) is 6.90. The largest absolute Gasteiger partial charge is 0.340 e. The third-order valence-corrected chi connectivity index (χ3v) is 4.69. The summed E-state index contributed by atoms with van der Waals surface area (Å²) in [4.78, 5) is 28.5. The highest BCUT2D eigenvalue weighted by molar-refractivity contribution is 5.89. The topological polar surface area (TPSA) is 66.6 Å². The smallest absolute Gasteiger partial charge is 0.245 e. The quantitative estimate of drug-likeness (QED) is 0.848. The van der Waals surface area contributed by atoms with Crippen LogP contribution in [0.25, 0.3) is 0 Å². The molecule has 0 aliphatic carbocycles.